The topological polar surface area (TPSA) is 88.0 Å². The third-order valence-electron chi connectivity index (χ3n) is 4.02. The molecule has 3 rings (SSSR count). The number of ether oxygens (including phenoxy) is 2. The number of nitrogens with one attached hydrogen (secondary N) is 1. The maximum Gasteiger partial charge on any atom is 0.265 e. The Morgan fingerprint density at radius 3 is 2.85 bits per heavy atom. The highest BCUT2D eigenvalue weighted by Crippen LogP contribution is 2.35. The van der Waals surface area contributed by atoms with Crippen LogP contribution < -0.4 is 14.8 Å². The van der Waals surface area contributed by atoms with Crippen molar-refractivity contribution in [2.24, 2.45) is 0 Å². The van der Waals surface area contributed by atoms with Gasteiger partial charge in [-0.1, -0.05) is 17.7 Å². The molecule has 1 aliphatic heterocycles. The molecule has 0 radical (unpaired) electrons. The molecule has 3 N–H and O–H groups in total. The Morgan fingerprint density at radius 2 is 2.12 bits per heavy atom. The summed E-state index contributed by atoms with van der Waals surface area (Å²) in [5.74, 6) is -0.572. The van der Waals surface area contributed by atoms with Crippen LogP contribution in [0.1, 0.15) is 18.6 Å². The van der Waals surface area contributed by atoms with Crippen molar-refractivity contribution >= 4 is 17.5 Å². The SMILES string of the molecule is CC(NC(=O)C1COc2ccc(O)cc2O1)C(O)c1c(F)cccc1Cl. The normalized spacial score (nSPS) is 18.1. The number of carbonyl (C=O) groups excluding carboxylic acids is 1. The molecule has 138 valence electrons. The van der Waals surface area contributed by atoms with Crippen LogP contribution in [-0.4, -0.2) is 34.9 Å². The Morgan fingerprint density at radius 1 is 1.35 bits per heavy atom. The summed E-state index contributed by atoms with van der Waals surface area (Å²) in [6, 6.07) is 7.55. The first-order valence-electron chi connectivity index (χ1n) is 7.91. The van der Waals surface area contributed by atoms with E-state index in [0.29, 0.717) is 5.75 Å². The molecule has 0 saturated heterocycles. The van der Waals surface area contributed by atoms with Gasteiger partial charge < -0.3 is 25.0 Å². The lowest BCUT2D eigenvalue weighted by molar-refractivity contribution is -0.131. The van der Waals surface area contributed by atoms with Crippen molar-refractivity contribution < 1.29 is 28.9 Å². The van der Waals surface area contributed by atoms with Gasteiger partial charge in [0.15, 0.2) is 11.5 Å². The molecule has 3 atom stereocenters. The average Bonchev–Trinajstić information content (AvgIpc) is 2.60. The van der Waals surface area contributed by atoms with Crippen LogP contribution in [0.5, 0.6) is 17.2 Å². The number of phenols is 1. The molecular weight excluding hydrogens is 365 g/mol. The van der Waals surface area contributed by atoms with Gasteiger partial charge in [-0.2, -0.15) is 0 Å². The van der Waals surface area contributed by atoms with Crippen LogP contribution in [0.25, 0.3) is 0 Å². The fraction of sp³-hybridized carbons (Fsp3) is 0.278. The molecule has 8 heteroatoms. The van der Waals surface area contributed by atoms with E-state index in [2.05, 4.69) is 5.32 Å². The zero-order chi connectivity index (χ0) is 18.8. The monoisotopic (exact) mass is 381 g/mol. The van der Waals surface area contributed by atoms with Gasteiger partial charge in [-0.05, 0) is 31.2 Å². The van der Waals surface area contributed by atoms with Gasteiger partial charge in [0, 0.05) is 16.7 Å². The summed E-state index contributed by atoms with van der Waals surface area (Å²) in [5, 5.41) is 22.5. The van der Waals surface area contributed by atoms with Crippen LogP contribution in [0.2, 0.25) is 5.02 Å². The fourth-order valence-corrected chi connectivity index (χ4v) is 2.90. The number of carbonyl (C=O) groups is 1. The highest BCUT2D eigenvalue weighted by Gasteiger charge is 2.31. The van der Waals surface area contributed by atoms with Crippen molar-refractivity contribution in [3.63, 3.8) is 0 Å². The summed E-state index contributed by atoms with van der Waals surface area (Å²) in [5.41, 5.74) is -0.0851. The highest BCUT2D eigenvalue weighted by molar-refractivity contribution is 6.31. The lowest BCUT2D eigenvalue weighted by atomic mass is 10.0. The maximum atomic E-state index is 13.9. The van der Waals surface area contributed by atoms with E-state index in [4.69, 9.17) is 21.1 Å². The number of aliphatic hydroxyl groups excluding tert-OH is 1. The predicted octanol–water partition coefficient (Wildman–Crippen LogP) is 2.56. The van der Waals surface area contributed by atoms with Gasteiger partial charge in [-0.15, -0.1) is 0 Å². The second-order valence-corrected chi connectivity index (χ2v) is 6.33. The largest absolute Gasteiger partial charge is 0.508 e. The maximum absolute atomic E-state index is 13.9. The van der Waals surface area contributed by atoms with Gasteiger partial charge in [0.25, 0.3) is 5.91 Å². The van der Waals surface area contributed by atoms with Crippen molar-refractivity contribution in [2.75, 3.05) is 6.61 Å². The Hall–Kier alpha value is -2.51. The molecule has 2 aromatic carbocycles. The standard InChI is InChI=1S/C18H17ClFNO5/c1-9(17(23)16-11(19)3-2-4-12(16)20)21-18(24)15-8-25-13-6-5-10(22)7-14(13)26-15/h2-7,9,15,17,22-23H,8H2,1H3,(H,21,24). The van der Waals surface area contributed by atoms with E-state index in [1.807, 2.05) is 0 Å². The first kappa shape index (κ1) is 18.3. The number of amides is 1. The number of hydrogen-bond acceptors (Lipinski definition) is 5. The van der Waals surface area contributed by atoms with Gasteiger partial charge in [-0.3, -0.25) is 4.79 Å². The van der Waals surface area contributed by atoms with Crippen molar-refractivity contribution in [3.8, 4) is 17.2 Å². The molecule has 0 fully saturated rings. The molecule has 0 spiro atoms. The van der Waals surface area contributed by atoms with Crippen molar-refractivity contribution in [3.05, 3.63) is 52.8 Å². The molecule has 0 bridgehead atoms. The van der Waals surface area contributed by atoms with E-state index in [1.54, 1.807) is 0 Å². The molecule has 26 heavy (non-hydrogen) atoms. The molecule has 1 aliphatic rings. The molecule has 1 amide bonds. The van der Waals surface area contributed by atoms with Crippen LogP contribution in [0.3, 0.4) is 0 Å². The number of fused-ring (bicyclic) bond motifs is 1. The van der Waals surface area contributed by atoms with Gasteiger partial charge >= 0.3 is 0 Å². The summed E-state index contributed by atoms with van der Waals surface area (Å²) in [6.45, 7) is 1.49. The summed E-state index contributed by atoms with van der Waals surface area (Å²) in [6.07, 6.45) is -2.32. The smallest absolute Gasteiger partial charge is 0.265 e. The third kappa shape index (κ3) is 3.68. The molecule has 6 nitrogen and oxygen atoms in total. The number of aromatic hydroxyl groups is 1. The molecule has 3 unspecified atom stereocenters. The molecule has 0 aromatic heterocycles. The Kier molecular flexibility index (Phi) is 5.20. The minimum Gasteiger partial charge on any atom is -0.508 e. The number of halogens is 2. The van der Waals surface area contributed by atoms with Gasteiger partial charge in [0.1, 0.15) is 24.3 Å². The summed E-state index contributed by atoms with van der Waals surface area (Å²) in [7, 11) is 0. The van der Waals surface area contributed by atoms with E-state index in [-0.39, 0.29) is 28.7 Å². The van der Waals surface area contributed by atoms with Crippen LogP contribution in [0.15, 0.2) is 36.4 Å². The minimum absolute atomic E-state index is 0.0219. The van der Waals surface area contributed by atoms with Crippen molar-refractivity contribution in [1.29, 1.82) is 0 Å². The summed E-state index contributed by atoms with van der Waals surface area (Å²) in [4.78, 5) is 12.4. The number of aliphatic hydroxyl groups is 1. The first-order valence-corrected chi connectivity index (χ1v) is 8.29. The van der Waals surface area contributed by atoms with Crippen LogP contribution in [-0.2, 0) is 4.79 Å². The predicted molar refractivity (Wildman–Crippen MR) is 92.0 cm³/mol. The Balaban J connectivity index is 1.68. The summed E-state index contributed by atoms with van der Waals surface area (Å²) >= 11 is 5.94. The quantitative estimate of drug-likeness (QED) is 0.757. The lowest BCUT2D eigenvalue weighted by Crippen LogP contribution is -2.48. The van der Waals surface area contributed by atoms with Crippen molar-refractivity contribution in [2.45, 2.75) is 25.2 Å². The molecule has 2 aromatic rings. The van der Waals surface area contributed by atoms with Gasteiger partial charge in [0.05, 0.1) is 6.04 Å². The fourth-order valence-electron chi connectivity index (χ4n) is 2.63. The third-order valence-corrected chi connectivity index (χ3v) is 4.35. The number of benzene rings is 2. The molecular formula is C18H17ClFNO5. The van der Waals surface area contributed by atoms with Crippen LogP contribution in [0.4, 0.5) is 4.39 Å². The van der Waals surface area contributed by atoms with E-state index < -0.39 is 30.0 Å². The minimum atomic E-state index is -1.34. The zero-order valence-corrected chi connectivity index (χ0v) is 14.5. The highest BCUT2D eigenvalue weighted by atomic mass is 35.5. The van der Waals surface area contributed by atoms with Gasteiger partial charge in [-0.25, -0.2) is 4.39 Å². The Bertz CT molecular complexity index is 811. The molecule has 0 aliphatic carbocycles. The van der Waals surface area contributed by atoms with Crippen molar-refractivity contribution in [1.82, 2.24) is 5.32 Å². The Labute approximate surface area is 154 Å². The van der Waals surface area contributed by atoms with Crippen LogP contribution >= 0.6 is 11.6 Å². The number of phenolic OH excluding ortho intramolecular Hbond substituents is 1. The van der Waals surface area contributed by atoms with E-state index in [9.17, 15) is 19.4 Å². The lowest BCUT2D eigenvalue weighted by Gasteiger charge is -2.28. The zero-order valence-electron chi connectivity index (χ0n) is 13.8. The van der Waals surface area contributed by atoms with E-state index in [1.165, 1.54) is 43.3 Å². The van der Waals surface area contributed by atoms with Crippen LogP contribution in [0, 0.1) is 5.82 Å². The first-order chi connectivity index (χ1) is 12.4. The summed E-state index contributed by atoms with van der Waals surface area (Å²) < 4.78 is 24.9. The van der Waals surface area contributed by atoms with E-state index in [0.717, 1.165) is 0 Å². The number of rotatable bonds is 4. The van der Waals surface area contributed by atoms with E-state index >= 15 is 0 Å². The van der Waals surface area contributed by atoms with Gasteiger partial charge in [0.2, 0.25) is 6.10 Å². The molecule has 1 heterocycles. The molecule has 0 saturated carbocycles. The second kappa shape index (κ2) is 7.39. The second-order valence-electron chi connectivity index (χ2n) is 5.93. The number of hydrogen-bond donors (Lipinski definition) is 3. The average molecular weight is 382 g/mol.